The average molecular weight is 347 g/mol. The molecule has 0 aliphatic rings. The predicted octanol–water partition coefficient (Wildman–Crippen LogP) is 0.979. The first-order valence-corrected chi connectivity index (χ1v) is 7.41. The number of pyridine rings is 1. The van der Waals surface area contributed by atoms with Crippen LogP contribution in [0.1, 0.15) is 16.1 Å². The summed E-state index contributed by atoms with van der Waals surface area (Å²) in [6.07, 6.45) is 1.50. The van der Waals surface area contributed by atoms with Crippen molar-refractivity contribution >= 4 is 34.9 Å². The third-order valence-electron chi connectivity index (χ3n) is 3.03. The first-order valence-electron chi connectivity index (χ1n) is 7.03. The van der Waals surface area contributed by atoms with Crippen LogP contribution in [0.2, 0.25) is 5.02 Å². The second-order valence-electron chi connectivity index (χ2n) is 4.76. The number of nitrogens with two attached hydrogens (primary N) is 1. The molecule has 8 heteroatoms. The van der Waals surface area contributed by atoms with Gasteiger partial charge in [-0.1, -0.05) is 17.7 Å². The number of nitrogens with one attached hydrogen (secondary N) is 2. The highest BCUT2D eigenvalue weighted by Gasteiger charge is 2.17. The fraction of sp³-hybridized carbons (Fsp3) is 0.125. The Kier molecular flexibility index (Phi) is 6.00. The Bertz CT molecular complexity index is 765. The summed E-state index contributed by atoms with van der Waals surface area (Å²) in [4.78, 5) is 39.5. The van der Waals surface area contributed by atoms with Crippen molar-refractivity contribution < 1.29 is 14.4 Å². The van der Waals surface area contributed by atoms with E-state index >= 15 is 0 Å². The van der Waals surface area contributed by atoms with E-state index in [9.17, 15) is 14.4 Å². The van der Waals surface area contributed by atoms with Crippen LogP contribution in [0.4, 0.5) is 5.69 Å². The van der Waals surface area contributed by atoms with Gasteiger partial charge < -0.3 is 16.4 Å². The normalized spacial score (nSPS) is 10.1. The van der Waals surface area contributed by atoms with Gasteiger partial charge in [-0.3, -0.25) is 19.4 Å². The van der Waals surface area contributed by atoms with E-state index in [-0.39, 0.29) is 35.8 Å². The molecule has 1 aromatic carbocycles. The van der Waals surface area contributed by atoms with Gasteiger partial charge in [0.05, 0.1) is 18.8 Å². The Morgan fingerprint density at radius 1 is 1.12 bits per heavy atom. The van der Waals surface area contributed by atoms with E-state index in [2.05, 4.69) is 15.6 Å². The van der Waals surface area contributed by atoms with E-state index in [4.69, 9.17) is 17.3 Å². The van der Waals surface area contributed by atoms with Gasteiger partial charge in [0.1, 0.15) is 5.69 Å². The molecule has 0 spiro atoms. The van der Waals surface area contributed by atoms with Gasteiger partial charge in [0.25, 0.3) is 0 Å². The van der Waals surface area contributed by atoms with Crippen molar-refractivity contribution in [2.45, 2.75) is 0 Å². The van der Waals surface area contributed by atoms with Crippen LogP contribution in [0.3, 0.4) is 0 Å². The van der Waals surface area contributed by atoms with Crippen molar-refractivity contribution in [1.82, 2.24) is 10.3 Å². The molecule has 0 saturated heterocycles. The Morgan fingerprint density at radius 2 is 1.92 bits per heavy atom. The Morgan fingerprint density at radius 3 is 2.58 bits per heavy atom. The van der Waals surface area contributed by atoms with Gasteiger partial charge in [0.2, 0.25) is 17.6 Å². The number of carbonyl (C=O) groups is 3. The smallest absolute Gasteiger partial charge is 0.243 e. The fourth-order valence-corrected chi connectivity index (χ4v) is 2.07. The third-order valence-corrected chi connectivity index (χ3v) is 3.26. The summed E-state index contributed by atoms with van der Waals surface area (Å²) in [7, 11) is 0. The lowest BCUT2D eigenvalue weighted by Crippen LogP contribution is -2.36. The molecule has 7 nitrogen and oxygen atoms in total. The molecule has 2 amide bonds. The first-order chi connectivity index (χ1) is 11.5. The second-order valence-corrected chi connectivity index (χ2v) is 5.20. The van der Waals surface area contributed by atoms with Gasteiger partial charge in [-0.25, -0.2) is 0 Å². The number of aromatic nitrogens is 1. The molecule has 0 atom stereocenters. The molecule has 0 aliphatic heterocycles. The fourth-order valence-electron chi connectivity index (χ4n) is 1.89. The number of hydrogen-bond acceptors (Lipinski definition) is 5. The highest BCUT2D eigenvalue weighted by Crippen LogP contribution is 2.23. The average Bonchev–Trinajstić information content (AvgIpc) is 2.61. The van der Waals surface area contributed by atoms with Crippen molar-refractivity contribution in [3.8, 4) is 0 Å². The number of halogens is 1. The zero-order valence-electron chi connectivity index (χ0n) is 12.6. The van der Waals surface area contributed by atoms with Crippen LogP contribution in [0, 0.1) is 0 Å². The minimum Gasteiger partial charge on any atom is -0.346 e. The second kappa shape index (κ2) is 8.19. The number of anilines is 1. The van der Waals surface area contributed by atoms with Crippen LogP contribution >= 0.6 is 11.6 Å². The molecule has 2 aromatic rings. The van der Waals surface area contributed by atoms with Crippen LogP contribution in [0.5, 0.6) is 0 Å². The highest BCUT2D eigenvalue weighted by atomic mass is 35.5. The molecule has 0 bridgehead atoms. The van der Waals surface area contributed by atoms with Crippen LogP contribution in [0.15, 0.2) is 42.6 Å². The first kappa shape index (κ1) is 17.6. The highest BCUT2D eigenvalue weighted by molar-refractivity contribution is 6.31. The molecule has 0 unspecified atom stereocenters. The van der Waals surface area contributed by atoms with E-state index in [0.29, 0.717) is 5.02 Å². The molecular weight excluding hydrogens is 332 g/mol. The van der Waals surface area contributed by atoms with Gasteiger partial charge in [-0.2, -0.15) is 0 Å². The number of amides is 2. The largest absolute Gasteiger partial charge is 0.346 e. The summed E-state index contributed by atoms with van der Waals surface area (Å²) >= 11 is 5.95. The number of rotatable bonds is 6. The van der Waals surface area contributed by atoms with Gasteiger partial charge in [-0.15, -0.1) is 0 Å². The van der Waals surface area contributed by atoms with E-state index in [1.807, 2.05) is 0 Å². The molecular formula is C16H15ClN4O3. The number of benzene rings is 1. The Labute approximate surface area is 143 Å². The Balaban J connectivity index is 2.20. The van der Waals surface area contributed by atoms with Crippen molar-refractivity contribution in [3.63, 3.8) is 0 Å². The van der Waals surface area contributed by atoms with E-state index in [0.717, 1.165) is 0 Å². The standard InChI is InChI=1S/C16H15ClN4O3/c17-10-4-5-12(21-15(23)9-20-14(22)8-18)11(7-10)16(24)13-3-1-2-6-19-13/h1-7H,8-9,18H2,(H,20,22)(H,21,23). The van der Waals surface area contributed by atoms with Crippen molar-refractivity contribution in [3.05, 3.63) is 58.9 Å². The SMILES string of the molecule is NCC(=O)NCC(=O)Nc1ccc(Cl)cc1C(=O)c1ccccn1. The topological polar surface area (TPSA) is 114 Å². The lowest BCUT2D eigenvalue weighted by atomic mass is 10.1. The van der Waals surface area contributed by atoms with Gasteiger partial charge in [0, 0.05) is 16.8 Å². The van der Waals surface area contributed by atoms with E-state index in [1.54, 1.807) is 24.3 Å². The van der Waals surface area contributed by atoms with Crippen LogP contribution < -0.4 is 16.4 Å². The molecule has 1 aromatic heterocycles. The van der Waals surface area contributed by atoms with Gasteiger partial charge >= 0.3 is 0 Å². The minimum atomic E-state index is -0.491. The number of nitrogens with zero attached hydrogens (tertiary/aromatic N) is 1. The number of carbonyl (C=O) groups excluding carboxylic acids is 3. The monoisotopic (exact) mass is 346 g/mol. The minimum absolute atomic E-state index is 0.208. The van der Waals surface area contributed by atoms with Crippen LogP contribution in [0.25, 0.3) is 0 Å². The quantitative estimate of drug-likeness (QED) is 0.674. The summed E-state index contributed by atoms with van der Waals surface area (Å²) in [5, 5.41) is 5.26. The Hall–Kier alpha value is -2.77. The molecule has 0 saturated carbocycles. The van der Waals surface area contributed by atoms with E-state index in [1.165, 1.54) is 18.3 Å². The maximum atomic E-state index is 12.6. The predicted molar refractivity (Wildman–Crippen MR) is 89.8 cm³/mol. The summed E-state index contributed by atoms with van der Waals surface area (Å²) < 4.78 is 0. The van der Waals surface area contributed by atoms with Crippen molar-refractivity contribution in [2.75, 3.05) is 18.4 Å². The summed E-state index contributed by atoms with van der Waals surface area (Å²) in [5.41, 5.74) is 5.86. The zero-order valence-corrected chi connectivity index (χ0v) is 13.3. The van der Waals surface area contributed by atoms with Crippen LogP contribution in [-0.2, 0) is 9.59 Å². The summed E-state index contributed by atoms with van der Waals surface area (Å²) in [5.74, 6) is -1.32. The maximum absolute atomic E-state index is 12.6. The molecule has 1 heterocycles. The van der Waals surface area contributed by atoms with Gasteiger partial charge in [0.15, 0.2) is 0 Å². The lowest BCUT2D eigenvalue weighted by Gasteiger charge is -2.11. The molecule has 0 fully saturated rings. The molecule has 2 rings (SSSR count). The van der Waals surface area contributed by atoms with E-state index < -0.39 is 11.8 Å². The van der Waals surface area contributed by atoms with Crippen LogP contribution in [-0.4, -0.2) is 35.7 Å². The molecule has 0 aliphatic carbocycles. The van der Waals surface area contributed by atoms with Crippen molar-refractivity contribution in [1.29, 1.82) is 0 Å². The number of hydrogen-bond donors (Lipinski definition) is 3. The number of ketones is 1. The maximum Gasteiger partial charge on any atom is 0.243 e. The molecule has 0 radical (unpaired) electrons. The van der Waals surface area contributed by atoms with Crippen molar-refractivity contribution in [2.24, 2.45) is 5.73 Å². The zero-order chi connectivity index (χ0) is 17.5. The molecule has 24 heavy (non-hydrogen) atoms. The summed E-state index contributed by atoms with van der Waals surface area (Å²) in [6.45, 7) is -0.465. The van der Waals surface area contributed by atoms with Gasteiger partial charge in [-0.05, 0) is 30.3 Å². The third kappa shape index (κ3) is 4.61. The summed E-state index contributed by atoms with van der Waals surface area (Å²) in [6, 6.07) is 9.46. The lowest BCUT2D eigenvalue weighted by molar-refractivity contribution is -0.123. The molecule has 124 valence electrons. The molecule has 4 N–H and O–H groups in total.